The molecule has 0 aliphatic rings. The van der Waals surface area contributed by atoms with Crippen LogP contribution in [0.5, 0.6) is 11.5 Å². The third-order valence-corrected chi connectivity index (χ3v) is 6.17. The maximum atomic E-state index is 13.6. The number of hydrogen-bond acceptors (Lipinski definition) is 8. The summed E-state index contributed by atoms with van der Waals surface area (Å²) in [6.45, 7) is 14.2. The van der Waals surface area contributed by atoms with Gasteiger partial charge in [0.25, 0.3) is 5.91 Å². The van der Waals surface area contributed by atoms with Gasteiger partial charge in [-0.1, -0.05) is 20.8 Å². The van der Waals surface area contributed by atoms with Crippen molar-refractivity contribution in [2.45, 2.75) is 60.4 Å². The van der Waals surface area contributed by atoms with E-state index in [4.69, 9.17) is 9.47 Å². The lowest BCUT2D eigenvalue weighted by Gasteiger charge is -2.25. The Bertz CT molecular complexity index is 1410. The Kier molecular flexibility index (Phi) is 8.93. The molecule has 0 aliphatic carbocycles. The Balaban J connectivity index is 2.15. The van der Waals surface area contributed by atoms with Crippen LogP contribution in [0.3, 0.4) is 0 Å². The number of aliphatic hydroxyl groups excluding tert-OH is 1. The van der Waals surface area contributed by atoms with Crippen LogP contribution in [-0.4, -0.2) is 69.6 Å². The Hall–Kier alpha value is -3.73. The molecular weight excluding hydrogens is 488 g/mol. The molecular formula is C27H38N6O5. The lowest BCUT2D eigenvalue weighted by molar-refractivity contribution is 0.0944. The van der Waals surface area contributed by atoms with Crippen molar-refractivity contribution in [3.63, 3.8) is 0 Å². The highest BCUT2D eigenvalue weighted by Gasteiger charge is 2.26. The monoisotopic (exact) mass is 526 g/mol. The van der Waals surface area contributed by atoms with Crippen LogP contribution in [0.2, 0.25) is 0 Å². The molecule has 0 saturated carbocycles. The second-order valence-corrected chi connectivity index (χ2v) is 9.93. The van der Waals surface area contributed by atoms with Crippen LogP contribution in [0.1, 0.15) is 72.2 Å². The number of fused-ring (bicyclic) bond motifs is 1. The zero-order valence-corrected chi connectivity index (χ0v) is 23.5. The number of ether oxygens (including phenoxy) is 2. The number of rotatable bonds is 10. The molecule has 0 saturated heterocycles. The molecule has 0 atom stereocenters. The molecule has 0 aliphatic heterocycles. The minimum atomic E-state index is -0.341. The number of carbonyl (C=O) groups is 2. The lowest BCUT2D eigenvalue weighted by atomic mass is 9.84. The molecule has 0 unspecified atom stereocenters. The molecule has 3 rings (SSSR count). The smallest absolute Gasteiger partial charge is 0.272 e. The van der Waals surface area contributed by atoms with E-state index in [2.05, 4.69) is 20.5 Å². The number of nitrogens with zero attached hydrogens (tertiary/aromatic N) is 5. The molecule has 3 aromatic rings. The number of hydrogen-bond donors (Lipinski definition) is 2. The number of nitrogens with one attached hydrogen (secondary N) is 1. The standard InChI is InChI=1S/C27H38N6O5/c1-9-28-25(36)22-16(3)17(4)24-31-32(26(29-10-2)33(24)30-22)15-20(35)18-13-19(27(5,6)7)23(37-8)21(14-18)38-12-11-34/h13-14,34H,9-12,15H2,1-8H3,(H,28,36). The number of amides is 1. The fourth-order valence-electron chi connectivity index (χ4n) is 4.13. The number of ketones is 1. The Morgan fingerprint density at radius 2 is 1.84 bits per heavy atom. The van der Waals surface area contributed by atoms with E-state index in [1.807, 2.05) is 48.5 Å². The van der Waals surface area contributed by atoms with Gasteiger partial charge < -0.3 is 19.9 Å². The fourth-order valence-corrected chi connectivity index (χ4v) is 4.13. The number of aliphatic hydroxyl groups is 1. The molecule has 2 aromatic heterocycles. The van der Waals surface area contributed by atoms with E-state index in [9.17, 15) is 14.7 Å². The summed E-state index contributed by atoms with van der Waals surface area (Å²) in [5.41, 5.74) is 3.54. The summed E-state index contributed by atoms with van der Waals surface area (Å²) < 4.78 is 14.4. The van der Waals surface area contributed by atoms with Gasteiger partial charge in [-0.15, -0.1) is 5.10 Å². The van der Waals surface area contributed by atoms with Crippen molar-refractivity contribution in [2.24, 2.45) is 4.99 Å². The number of methoxy groups -OCH3 is 1. The van der Waals surface area contributed by atoms with Crippen LogP contribution in [0.15, 0.2) is 17.1 Å². The first kappa shape index (κ1) is 28.8. The van der Waals surface area contributed by atoms with Crippen LogP contribution in [0.25, 0.3) is 5.65 Å². The second-order valence-electron chi connectivity index (χ2n) is 9.93. The molecule has 11 nitrogen and oxygen atoms in total. The summed E-state index contributed by atoms with van der Waals surface area (Å²) in [7, 11) is 1.55. The van der Waals surface area contributed by atoms with Gasteiger partial charge in [0.15, 0.2) is 28.6 Å². The predicted molar refractivity (Wildman–Crippen MR) is 143 cm³/mol. The lowest BCUT2D eigenvalue weighted by Crippen LogP contribution is -2.30. The first-order chi connectivity index (χ1) is 18.0. The number of carbonyl (C=O) groups excluding carboxylic acids is 2. The minimum absolute atomic E-state index is 0.0660. The summed E-state index contributed by atoms with van der Waals surface area (Å²) in [4.78, 5) is 30.8. The van der Waals surface area contributed by atoms with Gasteiger partial charge >= 0.3 is 0 Å². The van der Waals surface area contributed by atoms with Gasteiger partial charge in [0.05, 0.1) is 13.7 Å². The Labute approximate surface area is 222 Å². The molecule has 0 radical (unpaired) electrons. The molecule has 2 N–H and O–H groups in total. The van der Waals surface area contributed by atoms with Crippen molar-refractivity contribution in [3.8, 4) is 11.5 Å². The second kappa shape index (κ2) is 11.8. The van der Waals surface area contributed by atoms with Crippen molar-refractivity contribution in [2.75, 3.05) is 33.4 Å². The van der Waals surface area contributed by atoms with Crippen LogP contribution < -0.4 is 20.4 Å². The highest BCUT2D eigenvalue weighted by Crippen LogP contribution is 2.40. The van der Waals surface area contributed by atoms with Crippen LogP contribution >= 0.6 is 0 Å². The summed E-state index contributed by atoms with van der Waals surface area (Å²) in [6.07, 6.45) is 0. The van der Waals surface area contributed by atoms with Crippen LogP contribution in [0, 0.1) is 13.8 Å². The summed E-state index contributed by atoms with van der Waals surface area (Å²) in [6, 6.07) is 3.43. The fraction of sp³-hybridized carbons (Fsp3) is 0.519. The zero-order chi connectivity index (χ0) is 28.2. The molecule has 0 spiro atoms. The number of benzene rings is 1. The van der Waals surface area contributed by atoms with Crippen LogP contribution in [-0.2, 0) is 12.0 Å². The third-order valence-electron chi connectivity index (χ3n) is 6.17. The van der Waals surface area contributed by atoms with E-state index < -0.39 is 0 Å². The molecule has 1 aromatic carbocycles. The first-order valence-electron chi connectivity index (χ1n) is 12.7. The van der Waals surface area contributed by atoms with Gasteiger partial charge in [-0.05, 0) is 50.8 Å². The van der Waals surface area contributed by atoms with E-state index in [1.54, 1.807) is 19.2 Å². The van der Waals surface area contributed by atoms with Crippen LogP contribution in [0.4, 0.5) is 0 Å². The van der Waals surface area contributed by atoms with Crippen molar-refractivity contribution in [1.29, 1.82) is 0 Å². The summed E-state index contributed by atoms with van der Waals surface area (Å²) in [5, 5.41) is 21.3. The van der Waals surface area contributed by atoms with Gasteiger partial charge in [0, 0.05) is 29.8 Å². The molecule has 2 heterocycles. The number of Topliss-reactive ketones (excluding diaryl/α,β-unsaturated/α-hetero) is 1. The van der Waals surface area contributed by atoms with E-state index in [-0.39, 0.29) is 42.6 Å². The molecule has 38 heavy (non-hydrogen) atoms. The number of aryl methyl sites for hydroxylation is 1. The predicted octanol–water partition coefficient (Wildman–Crippen LogP) is 2.38. The van der Waals surface area contributed by atoms with Gasteiger partial charge in [0.1, 0.15) is 13.2 Å². The molecule has 0 bridgehead atoms. The van der Waals surface area contributed by atoms with Crippen molar-refractivity contribution < 1.29 is 24.2 Å². The molecule has 11 heteroatoms. The van der Waals surface area contributed by atoms with E-state index in [1.165, 1.54) is 9.20 Å². The maximum absolute atomic E-state index is 13.6. The minimum Gasteiger partial charge on any atom is -0.493 e. The molecule has 0 fully saturated rings. The Morgan fingerprint density at radius 1 is 1.13 bits per heavy atom. The summed E-state index contributed by atoms with van der Waals surface area (Å²) in [5.74, 6) is 0.414. The van der Waals surface area contributed by atoms with Gasteiger partial charge in [-0.2, -0.15) is 9.61 Å². The topological polar surface area (TPSA) is 132 Å². The van der Waals surface area contributed by atoms with Gasteiger partial charge in [-0.25, -0.2) is 9.67 Å². The van der Waals surface area contributed by atoms with Gasteiger partial charge in [-0.3, -0.25) is 9.59 Å². The zero-order valence-electron chi connectivity index (χ0n) is 23.5. The average molecular weight is 527 g/mol. The maximum Gasteiger partial charge on any atom is 0.272 e. The first-order valence-corrected chi connectivity index (χ1v) is 12.7. The third kappa shape index (κ3) is 5.72. The van der Waals surface area contributed by atoms with E-state index >= 15 is 0 Å². The largest absolute Gasteiger partial charge is 0.493 e. The van der Waals surface area contributed by atoms with E-state index in [0.29, 0.717) is 47.0 Å². The quantitative estimate of drug-likeness (QED) is 0.388. The number of aromatic nitrogens is 4. The average Bonchev–Trinajstić information content (AvgIpc) is 3.20. The van der Waals surface area contributed by atoms with Crippen molar-refractivity contribution in [1.82, 2.24) is 24.7 Å². The highest BCUT2D eigenvalue weighted by atomic mass is 16.5. The molecule has 1 amide bonds. The summed E-state index contributed by atoms with van der Waals surface area (Å²) >= 11 is 0. The van der Waals surface area contributed by atoms with Gasteiger partial charge in [0.2, 0.25) is 5.62 Å². The van der Waals surface area contributed by atoms with Crippen molar-refractivity contribution in [3.05, 3.63) is 45.7 Å². The van der Waals surface area contributed by atoms with Crippen molar-refractivity contribution >= 4 is 17.3 Å². The Morgan fingerprint density at radius 3 is 2.42 bits per heavy atom. The SMILES string of the molecule is CCN=c1n(CC(=O)c2cc(OCCO)c(OC)c(C(C)(C)C)c2)nc2c(C)c(C)c(C(=O)NCC)nn12. The van der Waals surface area contributed by atoms with E-state index in [0.717, 1.165) is 11.1 Å². The normalized spacial score (nSPS) is 12.2. The highest BCUT2D eigenvalue weighted by molar-refractivity contribution is 5.97. The molecule has 206 valence electrons.